The van der Waals surface area contributed by atoms with Crippen molar-refractivity contribution < 1.29 is 28.2 Å². The maximum absolute atomic E-state index is 15.2. The Morgan fingerprint density at radius 2 is 1.81 bits per heavy atom. The minimum atomic E-state index is -1.20. The molecule has 2 N–H and O–H groups in total. The van der Waals surface area contributed by atoms with Crippen molar-refractivity contribution in [1.29, 1.82) is 0 Å². The molecule has 0 aliphatic rings. The van der Waals surface area contributed by atoms with Crippen molar-refractivity contribution in [2.24, 2.45) is 7.05 Å². The van der Waals surface area contributed by atoms with E-state index in [0.717, 1.165) is 0 Å². The van der Waals surface area contributed by atoms with E-state index in [1.807, 2.05) is 0 Å². The number of methoxy groups -OCH3 is 1. The third-order valence-corrected chi connectivity index (χ3v) is 6.22. The van der Waals surface area contributed by atoms with Crippen molar-refractivity contribution in [3.8, 4) is 22.4 Å². The van der Waals surface area contributed by atoms with Crippen molar-refractivity contribution >= 4 is 29.2 Å². The van der Waals surface area contributed by atoms with Crippen LogP contribution >= 0.6 is 11.6 Å². The molecule has 0 radical (unpaired) electrons. The Bertz CT molecular complexity index is 1520. The van der Waals surface area contributed by atoms with Crippen LogP contribution < -0.4 is 5.32 Å². The minimum absolute atomic E-state index is 0.0528. The number of nitrogens with one attached hydrogen (secondary N) is 1. The predicted octanol–water partition coefficient (Wildman–Crippen LogP) is 4.79. The Kier molecular flexibility index (Phi) is 7.37. The van der Waals surface area contributed by atoms with Crippen LogP contribution in [-0.4, -0.2) is 50.0 Å². The largest absolute Gasteiger partial charge is 0.478 e. The number of amides is 1. The molecular weight excluding hydrogens is 508 g/mol. The van der Waals surface area contributed by atoms with Gasteiger partial charge in [0.25, 0.3) is 5.91 Å². The van der Waals surface area contributed by atoms with Crippen LogP contribution in [0.25, 0.3) is 22.4 Å². The first-order valence-electron chi connectivity index (χ1n) is 11.0. The Balaban J connectivity index is 1.61. The van der Waals surface area contributed by atoms with Gasteiger partial charge < -0.3 is 19.7 Å². The number of nitrogens with zero attached hydrogens (tertiary/aromatic N) is 4. The highest BCUT2D eigenvalue weighted by Crippen LogP contribution is 2.33. The highest BCUT2D eigenvalue weighted by molar-refractivity contribution is 6.33. The van der Waals surface area contributed by atoms with E-state index in [1.165, 1.54) is 54.3 Å². The lowest BCUT2D eigenvalue weighted by molar-refractivity contribution is 0.0697. The standard InChI is InChI=1S/C25H22ClF2N5O4/c1-13-18(11-30-33(13)8-9-37-3)15-6-7-17(22(28)21(15)27)20-12-29-23(32(20)2)24(34)31-14-4-5-16(25(35)36)19(26)10-14/h4-7,10-12H,8-9H2,1-3H3,(H,31,34)(H,35,36). The second kappa shape index (κ2) is 10.5. The van der Waals surface area contributed by atoms with Crippen LogP contribution in [0.3, 0.4) is 0 Å². The SMILES string of the molecule is COCCn1ncc(-c2ccc(-c3cnc(C(=O)Nc4ccc(C(=O)O)c(Cl)c4)n3C)c(F)c2F)c1C. The number of aromatic carboxylic acids is 1. The first kappa shape index (κ1) is 26.0. The van der Waals surface area contributed by atoms with Crippen LogP contribution in [0.15, 0.2) is 42.7 Å². The number of rotatable bonds is 8. The Labute approximate surface area is 215 Å². The summed E-state index contributed by atoms with van der Waals surface area (Å²) in [7, 11) is 3.06. The Morgan fingerprint density at radius 3 is 2.49 bits per heavy atom. The van der Waals surface area contributed by atoms with Gasteiger partial charge in [0.1, 0.15) is 0 Å². The molecular formula is C25H22ClF2N5O4. The van der Waals surface area contributed by atoms with Gasteiger partial charge in [-0.1, -0.05) is 17.7 Å². The number of hydrogen-bond acceptors (Lipinski definition) is 5. The molecule has 2 heterocycles. The maximum Gasteiger partial charge on any atom is 0.337 e. The number of anilines is 1. The number of carbonyl (C=O) groups excluding carboxylic acids is 1. The number of carbonyl (C=O) groups is 2. The van der Waals surface area contributed by atoms with Gasteiger partial charge in [0.15, 0.2) is 17.5 Å². The van der Waals surface area contributed by atoms with Gasteiger partial charge in [0.2, 0.25) is 0 Å². The second-order valence-corrected chi connectivity index (χ2v) is 8.54. The van der Waals surface area contributed by atoms with Crippen molar-refractivity contribution in [2.75, 3.05) is 19.0 Å². The molecule has 9 nitrogen and oxygen atoms in total. The topological polar surface area (TPSA) is 111 Å². The van der Waals surface area contributed by atoms with Gasteiger partial charge in [-0.15, -0.1) is 0 Å². The fourth-order valence-electron chi connectivity index (χ4n) is 3.89. The number of aromatic nitrogens is 4. The van der Waals surface area contributed by atoms with Crippen LogP contribution in [0.5, 0.6) is 0 Å². The summed E-state index contributed by atoms with van der Waals surface area (Å²) >= 11 is 5.95. The number of benzene rings is 2. The molecule has 4 rings (SSSR count). The zero-order valence-corrected chi connectivity index (χ0v) is 20.8. The van der Waals surface area contributed by atoms with E-state index in [4.69, 9.17) is 21.4 Å². The van der Waals surface area contributed by atoms with Crippen LogP contribution in [0.4, 0.5) is 14.5 Å². The third-order valence-electron chi connectivity index (χ3n) is 5.91. The molecule has 0 fully saturated rings. The molecule has 0 saturated carbocycles. The fraction of sp³-hybridized carbons (Fsp3) is 0.200. The second-order valence-electron chi connectivity index (χ2n) is 8.13. The summed E-state index contributed by atoms with van der Waals surface area (Å²) in [5, 5.41) is 15.8. The molecule has 2 aromatic carbocycles. The van der Waals surface area contributed by atoms with Crippen LogP contribution in [-0.2, 0) is 18.3 Å². The van der Waals surface area contributed by atoms with Gasteiger partial charge in [-0.05, 0) is 31.2 Å². The average molecular weight is 530 g/mol. The Hall–Kier alpha value is -4.09. The normalized spacial score (nSPS) is 11.1. The van der Waals surface area contributed by atoms with Gasteiger partial charge in [-0.3, -0.25) is 9.48 Å². The van der Waals surface area contributed by atoms with Crippen LogP contribution in [0.2, 0.25) is 5.02 Å². The lowest BCUT2D eigenvalue weighted by Gasteiger charge is -2.11. The lowest BCUT2D eigenvalue weighted by Crippen LogP contribution is -2.17. The zero-order valence-electron chi connectivity index (χ0n) is 20.1. The molecule has 0 atom stereocenters. The van der Waals surface area contributed by atoms with Crippen molar-refractivity contribution in [1.82, 2.24) is 19.3 Å². The fourth-order valence-corrected chi connectivity index (χ4v) is 4.15. The molecule has 0 bridgehead atoms. The van der Waals surface area contributed by atoms with E-state index < -0.39 is 23.5 Å². The van der Waals surface area contributed by atoms with E-state index >= 15 is 8.78 Å². The number of carboxylic acids is 1. The molecule has 1 amide bonds. The molecule has 2 aromatic heterocycles. The first-order valence-corrected chi connectivity index (χ1v) is 11.4. The number of hydrogen-bond donors (Lipinski definition) is 2. The molecule has 0 aliphatic heterocycles. The van der Waals surface area contributed by atoms with Gasteiger partial charge in [-0.25, -0.2) is 18.6 Å². The smallest absolute Gasteiger partial charge is 0.337 e. The maximum atomic E-state index is 15.2. The van der Waals surface area contributed by atoms with Gasteiger partial charge in [0, 0.05) is 42.2 Å². The van der Waals surface area contributed by atoms with E-state index in [1.54, 1.807) is 18.7 Å². The Morgan fingerprint density at radius 1 is 1.11 bits per heavy atom. The molecule has 4 aromatic rings. The van der Waals surface area contributed by atoms with Crippen molar-refractivity contribution in [3.05, 3.63) is 76.5 Å². The summed E-state index contributed by atoms with van der Waals surface area (Å²) in [4.78, 5) is 28.0. The highest BCUT2D eigenvalue weighted by Gasteiger charge is 2.23. The third kappa shape index (κ3) is 4.95. The highest BCUT2D eigenvalue weighted by atomic mass is 35.5. The van der Waals surface area contributed by atoms with E-state index in [2.05, 4.69) is 15.4 Å². The first-order chi connectivity index (χ1) is 17.6. The quantitative estimate of drug-likeness (QED) is 0.339. The van der Waals surface area contributed by atoms with E-state index in [-0.39, 0.29) is 38.9 Å². The van der Waals surface area contributed by atoms with Crippen molar-refractivity contribution in [3.63, 3.8) is 0 Å². The summed E-state index contributed by atoms with van der Waals surface area (Å²) in [6.45, 7) is 2.66. The molecule has 37 heavy (non-hydrogen) atoms. The molecule has 0 saturated heterocycles. The summed E-state index contributed by atoms with van der Waals surface area (Å²) in [5.41, 5.74) is 1.42. The van der Waals surface area contributed by atoms with Gasteiger partial charge >= 0.3 is 5.97 Å². The number of imidazole rings is 1. The summed E-state index contributed by atoms with van der Waals surface area (Å²) < 4.78 is 38.4. The summed E-state index contributed by atoms with van der Waals surface area (Å²) in [6.07, 6.45) is 2.74. The number of ether oxygens (including phenoxy) is 1. The van der Waals surface area contributed by atoms with Crippen LogP contribution in [0.1, 0.15) is 26.7 Å². The molecule has 0 aliphatic carbocycles. The minimum Gasteiger partial charge on any atom is -0.478 e. The number of halogens is 3. The van der Waals surface area contributed by atoms with Crippen LogP contribution in [0, 0.1) is 18.6 Å². The monoisotopic (exact) mass is 529 g/mol. The molecule has 192 valence electrons. The summed E-state index contributed by atoms with van der Waals surface area (Å²) in [5.74, 6) is -4.07. The number of carboxylic acid groups (broad SMARTS) is 1. The van der Waals surface area contributed by atoms with E-state index in [9.17, 15) is 9.59 Å². The lowest BCUT2D eigenvalue weighted by atomic mass is 10.0. The van der Waals surface area contributed by atoms with Crippen molar-refractivity contribution in [2.45, 2.75) is 13.5 Å². The van der Waals surface area contributed by atoms with Gasteiger partial charge in [0.05, 0.1) is 41.8 Å². The van der Waals surface area contributed by atoms with E-state index in [0.29, 0.717) is 24.4 Å². The molecule has 0 spiro atoms. The van der Waals surface area contributed by atoms with Gasteiger partial charge in [-0.2, -0.15) is 5.10 Å². The molecule has 0 unspecified atom stereocenters. The zero-order chi connectivity index (χ0) is 26.9. The molecule has 12 heteroatoms. The summed E-state index contributed by atoms with van der Waals surface area (Å²) in [6, 6.07) is 6.80. The predicted molar refractivity (Wildman–Crippen MR) is 133 cm³/mol. The average Bonchev–Trinajstić information content (AvgIpc) is 3.41.